The Kier molecular flexibility index (Phi) is 6.74. The van der Waals surface area contributed by atoms with Crippen molar-refractivity contribution < 1.29 is 4.42 Å². The van der Waals surface area contributed by atoms with Crippen molar-refractivity contribution >= 4 is 68.4 Å². The van der Waals surface area contributed by atoms with E-state index in [4.69, 9.17) is 4.42 Å². The summed E-state index contributed by atoms with van der Waals surface area (Å²) < 4.78 is 7.36. The maximum atomic E-state index is 7.36. The van der Waals surface area contributed by atoms with Crippen molar-refractivity contribution in [1.82, 2.24) is 0 Å². The van der Waals surface area contributed by atoms with Gasteiger partial charge in [-0.2, -0.15) is 0 Å². The third-order valence-corrected chi connectivity index (χ3v) is 12.3. The lowest BCUT2D eigenvalue weighted by Gasteiger charge is -2.44. The summed E-state index contributed by atoms with van der Waals surface area (Å²) in [6.45, 7) is 23.3. The lowest BCUT2D eigenvalue weighted by Crippen LogP contribution is -2.61. The molecule has 3 nitrogen and oxygen atoms in total. The average molecular weight is 669 g/mol. The summed E-state index contributed by atoms with van der Waals surface area (Å²) in [4.78, 5) is 5.06. The zero-order valence-corrected chi connectivity index (χ0v) is 32.0. The van der Waals surface area contributed by atoms with Gasteiger partial charge in [-0.15, -0.1) is 0 Å². The molecule has 0 N–H and O–H groups in total. The van der Waals surface area contributed by atoms with Crippen LogP contribution in [0.25, 0.3) is 11.0 Å². The SMILES string of the molecule is Cc1cc2c3c(c1)N(c1ccccc1)c1c(oc4cc5c(cc14)C(C)(C)CCC5(C)C)B3c1cc(C(C)(C)C)ccc1N2c1c(C)cccc1C. The van der Waals surface area contributed by atoms with Crippen molar-refractivity contribution in [2.45, 2.75) is 98.3 Å². The van der Waals surface area contributed by atoms with Crippen LogP contribution in [0.15, 0.2) is 95.4 Å². The van der Waals surface area contributed by atoms with E-state index >= 15 is 0 Å². The Bertz CT molecular complexity index is 2390. The van der Waals surface area contributed by atoms with Crippen LogP contribution in [-0.2, 0) is 16.2 Å². The topological polar surface area (TPSA) is 19.6 Å². The fourth-order valence-electron chi connectivity index (χ4n) is 9.39. The first-order valence-electron chi connectivity index (χ1n) is 18.8. The Morgan fingerprint density at radius 3 is 1.92 bits per heavy atom. The molecule has 5 aromatic carbocycles. The van der Waals surface area contributed by atoms with Crippen LogP contribution in [-0.4, -0.2) is 6.71 Å². The zero-order chi connectivity index (χ0) is 35.8. The van der Waals surface area contributed by atoms with Gasteiger partial charge >= 0.3 is 0 Å². The Labute approximate surface area is 304 Å². The van der Waals surface area contributed by atoms with Gasteiger partial charge in [-0.3, -0.25) is 0 Å². The summed E-state index contributed by atoms with van der Waals surface area (Å²) in [5, 5.41) is 1.21. The standard InChI is InChI=1S/C47H49BN2O/c1-28-23-38-41-39(24-28)50(42-29(2)15-14-16-30(42)3)37-20-19-31(45(4,5)6)25-36(37)48(41)44-43(49(38)32-17-12-11-13-18-32)33-26-34-35(27-40(33)51-44)47(9,10)22-21-46(34,7)8/h11-20,23-27H,21-22H2,1-10H3. The molecule has 1 aliphatic carbocycles. The highest BCUT2D eigenvalue weighted by atomic mass is 16.3. The second-order valence-electron chi connectivity index (χ2n) is 17.9. The fraction of sp³-hybridized carbons (Fsp3) is 0.319. The van der Waals surface area contributed by atoms with Gasteiger partial charge in [0.1, 0.15) is 5.58 Å². The molecule has 3 heterocycles. The van der Waals surface area contributed by atoms with Crippen molar-refractivity contribution in [3.8, 4) is 0 Å². The van der Waals surface area contributed by atoms with Crippen molar-refractivity contribution in [2.75, 3.05) is 9.80 Å². The number of nitrogens with zero attached hydrogens (tertiary/aromatic N) is 2. The predicted molar refractivity (Wildman–Crippen MR) is 218 cm³/mol. The lowest BCUT2D eigenvalue weighted by atomic mass is 9.35. The van der Waals surface area contributed by atoms with Crippen molar-refractivity contribution in [3.05, 3.63) is 124 Å². The number of anilines is 6. The zero-order valence-electron chi connectivity index (χ0n) is 32.0. The highest BCUT2D eigenvalue weighted by molar-refractivity contribution is 7.00. The van der Waals surface area contributed by atoms with Crippen molar-refractivity contribution in [3.63, 3.8) is 0 Å². The quantitative estimate of drug-likeness (QED) is 0.171. The average Bonchev–Trinajstić information content (AvgIpc) is 3.45. The molecule has 0 bridgehead atoms. The van der Waals surface area contributed by atoms with Gasteiger partial charge in [-0.25, -0.2) is 0 Å². The Balaban J connectivity index is 1.44. The summed E-state index contributed by atoms with van der Waals surface area (Å²) in [7, 11) is 0. The number of furan rings is 1. The van der Waals surface area contributed by atoms with E-state index in [2.05, 4.69) is 170 Å². The number of fused-ring (bicyclic) bond motifs is 7. The molecule has 6 aromatic rings. The van der Waals surface area contributed by atoms with Crippen LogP contribution in [0, 0.1) is 20.8 Å². The minimum absolute atomic E-state index is 0.00745. The molecule has 3 aliphatic rings. The van der Waals surface area contributed by atoms with E-state index in [9.17, 15) is 0 Å². The number of para-hydroxylation sites is 2. The number of hydrogen-bond acceptors (Lipinski definition) is 3. The van der Waals surface area contributed by atoms with Gasteiger partial charge in [0, 0.05) is 28.1 Å². The molecule has 2 aliphatic heterocycles. The first-order chi connectivity index (χ1) is 24.2. The van der Waals surface area contributed by atoms with E-state index in [0.29, 0.717) is 0 Å². The van der Waals surface area contributed by atoms with Gasteiger partial charge in [0.05, 0.1) is 17.0 Å². The van der Waals surface area contributed by atoms with Crippen molar-refractivity contribution in [1.29, 1.82) is 0 Å². The molecule has 0 fully saturated rings. The van der Waals surface area contributed by atoms with Crippen LogP contribution in [0.1, 0.15) is 94.7 Å². The largest absolute Gasteiger partial charge is 0.468 e. The van der Waals surface area contributed by atoms with Crippen LogP contribution in [0.5, 0.6) is 0 Å². The number of aryl methyl sites for hydroxylation is 3. The van der Waals surface area contributed by atoms with Crippen LogP contribution < -0.4 is 26.4 Å². The second kappa shape index (κ2) is 10.7. The summed E-state index contributed by atoms with van der Waals surface area (Å²) in [6.07, 6.45) is 2.34. The second-order valence-corrected chi connectivity index (χ2v) is 17.9. The molecule has 0 unspecified atom stereocenters. The molecule has 0 radical (unpaired) electrons. The van der Waals surface area contributed by atoms with Gasteiger partial charge in [0.2, 0.25) is 0 Å². The van der Waals surface area contributed by atoms with Gasteiger partial charge in [-0.1, -0.05) is 97.0 Å². The molecule has 0 saturated heterocycles. The molecular formula is C47H49BN2O. The number of benzene rings is 5. The summed E-state index contributed by atoms with van der Waals surface area (Å²) in [6, 6.07) is 34.5. The maximum absolute atomic E-state index is 7.36. The van der Waals surface area contributed by atoms with Crippen molar-refractivity contribution in [2.24, 2.45) is 0 Å². The molecule has 51 heavy (non-hydrogen) atoms. The number of hydrogen-bond donors (Lipinski definition) is 0. The van der Waals surface area contributed by atoms with Gasteiger partial charge in [0.15, 0.2) is 0 Å². The normalized spacial score (nSPS) is 16.9. The lowest BCUT2D eigenvalue weighted by molar-refractivity contribution is 0.332. The molecule has 9 rings (SSSR count). The molecule has 4 heteroatoms. The van der Waals surface area contributed by atoms with E-state index in [0.717, 1.165) is 16.9 Å². The van der Waals surface area contributed by atoms with Gasteiger partial charge < -0.3 is 14.2 Å². The third kappa shape index (κ3) is 4.64. The predicted octanol–water partition coefficient (Wildman–Crippen LogP) is 11.1. The fourth-order valence-corrected chi connectivity index (χ4v) is 9.39. The van der Waals surface area contributed by atoms with E-state index in [1.54, 1.807) is 0 Å². The number of rotatable bonds is 2. The maximum Gasteiger partial charge on any atom is 0.297 e. The molecule has 256 valence electrons. The Hall–Kier alpha value is -4.70. The highest BCUT2D eigenvalue weighted by Crippen LogP contribution is 2.52. The molecule has 0 atom stereocenters. The molecule has 1 aromatic heterocycles. The summed E-state index contributed by atoms with van der Waals surface area (Å²) >= 11 is 0. The molecule has 0 amide bonds. The smallest absolute Gasteiger partial charge is 0.297 e. The molecule has 0 saturated carbocycles. The van der Waals surface area contributed by atoms with E-state index in [1.165, 1.54) is 91.0 Å². The van der Waals surface area contributed by atoms with E-state index in [1.807, 2.05) is 0 Å². The van der Waals surface area contributed by atoms with Crippen LogP contribution in [0.3, 0.4) is 0 Å². The Morgan fingerprint density at radius 1 is 0.647 bits per heavy atom. The van der Waals surface area contributed by atoms with Crippen LogP contribution in [0.4, 0.5) is 34.1 Å². The molecular weight excluding hydrogens is 619 g/mol. The van der Waals surface area contributed by atoms with E-state index in [-0.39, 0.29) is 23.0 Å². The van der Waals surface area contributed by atoms with Crippen LogP contribution >= 0.6 is 0 Å². The summed E-state index contributed by atoms with van der Waals surface area (Å²) in [5.41, 5.74) is 20.1. The minimum Gasteiger partial charge on any atom is -0.468 e. The third-order valence-electron chi connectivity index (χ3n) is 12.3. The highest BCUT2D eigenvalue weighted by Gasteiger charge is 2.48. The van der Waals surface area contributed by atoms with E-state index < -0.39 is 0 Å². The minimum atomic E-state index is -0.0612. The van der Waals surface area contributed by atoms with Gasteiger partial charge in [-0.05, 0) is 137 Å². The first-order valence-corrected chi connectivity index (χ1v) is 18.8. The van der Waals surface area contributed by atoms with Gasteiger partial charge in [0.25, 0.3) is 6.71 Å². The Morgan fingerprint density at radius 2 is 1.27 bits per heavy atom. The first kappa shape index (κ1) is 32.2. The summed E-state index contributed by atoms with van der Waals surface area (Å²) in [5.74, 6) is 0. The molecule has 0 spiro atoms. The van der Waals surface area contributed by atoms with Crippen LogP contribution in [0.2, 0.25) is 0 Å². The monoisotopic (exact) mass is 668 g/mol.